The first-order chi connectivity index (χ1) is 19.4. The third kappa shape index (κ3) is 9.10. The lowest BCUT2D eigenvalue weighted by Gasteiger charge is -2.42. The summed E-state index contributed by atoms with van der Waals surface area (Å²) in [5.74, 6) is 0. The summed E-state index contributed by atoms with van der Waals surface area (Å²) in [6.45, 7) is -0.301. The molecule has 12 heteroatoms. The number of alkyl carbamates (subject to hydrolysis) is 3. The fourth-order valence-corrected chi connectivity index (χ4v) is 6.23. The Bertz CT molecular complexity index is 813. The number of methoxy groups -OCH3 is 1. The Kier molecular flexibility index (Phi) is 12.0. The van der Waals surface area contributed by atoms with E-state index in [2.05, 4.69) is 16.0 Å². The molecule has 1 heterocycles. The third-order valence-electron chi connectivity index (χ3n) is 8.50. The lowest BCUT2D eigenvalue weighted by atomic mass is 9.95. The number of nitrogens with one attached hydrogen (secondary N) is 3. The number of aliphatic hydroxyl groups excluding tert-OH is 1. The second kappa shape index (κ2) is 15.6. The third-order valence-corrected chi connectivity index (χ3v) is 8.50. The van der Waals surface area contributed by atoms with Crippen molar-refractivity contribution in [2.45, 2.75) is 145 Å². The van der Waals surface area contributed by atoms with Crippen molar-refractivity contribution in [2.75, 3.05) is 13.7 Å². The zero-order valence-corrected chi connectivity index (χ0v) is 23.6. The van der Waals surface area contributed by atoms with Crippen LogP contribution in [0.4, 0.5) is 14.4 Å². The van der Waals surface area contributed by atoms with Crippen LogP contribution in [-0.4, -0.2) is 85.9 Å². The molecule has 12 nitrogen and oxygen atoms in total. The van der Waals surface area contributed by atoms with Crippen LogP contribution in [0.3, 0.4) is 0 Å². The van der Waals surface area contributed by atoms with Gasteiger partial charge in [0.25, 0.3) is 0 Å². The molecule has 4 rings (SSSR count). The summed E-state index contributed by atoms with van der Waals surface area (Å²) in [4.78, 5) is 38.1. The number of hydrogen-bond donors (Lipinski definition) is 4. The van der Waals surface area contributed by atoms with Crippen molar-refractivity contribution < 1.29 is 43.2 Å². The Labute approximate surface area is 236 Å². The van der Waals surface area contributed by atoms with Gasteiger partial charge in [-0.1, -0.05) is 57.8 Å². The lowest BCUT2D eigenvalue weighted by Crippen LogP contribution is -2.63. The molecule has 0 bridgehead atoms. The van der Waals surface area contributed by atoms with E-state index in [0.29, 0.717) is 0 Å². The highest BCUT2D eigenvalue weighted by molar-refractivity contribution is 5.69. The molecule has 228 valence electrons. The van der Waals surface area contributed by atoms with Crippen molar-refractivity contribution in [3.63, 3.8) is 0 Å². The van der Waals surface area contributed by atoms with Crippen LogP contribution in [0.25, 0.3) is 0 Å². The minimum absolute atomic E-state index is 0.00512. The van der Waals surface area contributed by atoms with E-state index < -0.39 is 49.0 Å². The van der Waals surface area contributed by atoms with Crippen LogP contribution in [-0.2, 0) is 23.7 Å². The molecule has 4 N–H and O–H groups in total. The largest absolute Gasteiger partial charge is 0.447 e. The summed E-state index contributed by atoms with van der Waals surface area (Å²) < 4.78 is 28.0. The van der Waals surface area contributed by atoms with Crippen molar-refractivity contribution in [3.05, 3.63) is 0 Å². The molecule has 0 aromatic heterocycles. The second-order valence-electron chi connectivity index (χ2n) is 11.5. The van der Waals surface area contributed by atoms with Gasteiger partial charge in [-0.3, -0.25) is 0 Å². The molecule has 0 aromatic carbocycles. The van der Waals surface area contributed by atoms with Gasteiger partial charge in [-0.2, -0.15) is 0 Å². The number of hydrogen-bond acceptors (Lipinski definition) is 9. The number of rotatable bonds is 8. The Morgan fingerprint density at radius 3 is 1.55 bits per heavy atom. The van der Waals surface area contributed by atoms with Crippen molar-refractivity contribution in [1.82, 2.24) is 16.0 Å². The molecular weight excluding hydrogens is 522 g/mol. The quantitative estimate of drug-likeness (QED) is 0.321. The van der Waals surface area contributed by atoms with E-state index in [9.17, 15) is 19.5 Å². The molecule has 1 saturated heterocycles. The van der Waals surface area contributed by atoms with Crippen LogP contribution in [0.15, 0.2) is 0 Å². The van der Waals surface area contributed by atoms with Crippen LogP contribution >= 0.6 is 0 Å². The average molecular weight is 570 g/mol. The zero-order valence-electron chi connectivity index (χ0n) is 23.6. The molecule has 3 amide bonds. The van der Waals surface area contributed by atoms with E-state index >= 15 is 0 Å². The van der Waals surface area contributed by atoms with Gasteiger partial charge in [-0.15, -0.1) is 0 Å². The lowest BCUT2D eigenvalue weighted by molar-refractivity contribution is -0.292. The maximum atomic E-state index is 12.9. The van der Waals surface area contributed by atoms with Gasteiger partial charge in [0, 0.05) is 25.2 Å². The molecule has 4 aliphatic rings. The van der Waals surface area contributed by atoms with Gasteiger partial charge in [-0.25, -0.2) is 14.4 Å². The highest BCUT2D eigenvalue weighted by atomic mass is 16.7. The highest BCUT2D eigenvalue weighted by Crippen LogP contribution is 2.28. The number of amides is 3. The first-order valence-electron chi connectivity index (χ1n) is 15.2. The minimum Gasteiger partial charge on any atom is -0.447 e. The Hall–Kier alpha value is -2.31. The monoisotopic (exact) mass is 569 g/mol. The van der Waals surface area contributed by atoms with Crippen molar-refractivity contribution in [1.29, 1.82) is 0 Å². The van der Waals surface area contributed by atoms with Crippen LogP contribution < -0.4 is 16.0 Å². The Morgan fingerprint density at radius 2 is 1.10 bits per heavy atom. The SMILES string of the molecule is CO[C@H]1O[C@H](COC(=O)NC2CCCCC2)[C@@H](O)[C@@H](OC(=O)NC2CCCCC2)[C@H]1OC(=O)NC1CCCCC1. The van der Waals surface area contributed by atoms with Crippen LogP contribution in [0, 0.1) is 0 Å². The van der Waals surface area contributed by atoms with Gasteiger partial charge in [0.05, 0.1) is 0 Å². The number of ether oxygens (including phenoxy) is 5. The summed E-state index contributed by atoms with van der Waals surface area (Å²) in [5.41, 5.74) is 0. The van der Waals surface area contributed by atoms with E-state index in [1.807, 2.05) is 0 Å². The van der Waals surface area contributed by atoms with E-state index in [0.717, 1.165) is 96.3 Å². The molecule has 3 aliphatic carbocycles. The topological polar surface area (TPSA) is 154 Å². The van der Waals surface area contributed by atoms with Gasteiger partial charge in [0.1, 0.15) is 18.8 Å². The molecule has 4 fully saturated rings. The second-order valence-corrected chi connectivity index (χ2v) is 11.5. The maximum absolute atomic E-state index is 12.9. The predicted molar refractivity (Wildman–Crippen MR) is 144 cm³/mol. The standard InChI is InChI=1S/C28H47N3O9/c1-36-25-24(40-28(35)31-20-15-9-4-10-16-20)23(39-27(34)30-19-13-7-3-8-14-19)22(32)21(38-25)17-37-26(33)29-18-11-5-2-6-12-18/h18-25,32H,2-17H2,1H3,(H,29,33)(H,30,34)(H,31,35)/t21-,22-,23-,24-,25+/m1/s1. The summed E-state index contributed by atoms with van der Waals surface area (Å²) in [6, 6.07) is 0.0349. The minimum atomic E-state index is -1.45. The number of carbonyl (C=O) groups excluding carboxylic acids is 3. The molecule has 0 aromatic rings. The first kappa shape index (κ1) is 30.6. The normalized spacial score (nSPS) is 30.6. The van der Waals surface area contributed by atoms with Gasteiger partial charge < -0.3 is 44.7 Å². The fourth-order valence-electron chi connectivity index (χ4n) is 6.23. The van der Waals surface area contributed by atoms with Gasteiger partial charge in [0.2, 0.25) is 0 Å². The summed E-state index contributed by atoms with van der Waals surface area (Å²) in [5, 5.41) is 19.8. The number of aliphatic hydroxyl groups is 1. The van der Waals surface area contributed by atoms with E-state index in [4.69, 9.17) is 23.7 Å². The molecule has 3 saturated carbocycles. The molecule has 1 aliphatic heterocycles. The zero-order chi connectivity index (χ0) is 28.3. The Balaban J connectivity index is 1.39. The van der Waals surface area contributed by atoms with E-state index in [1.165, 1.54) is 7.11 Å². The van der Waals surface area contributed by atoms with Crippen LogP contribution in [0.1, 0.15) is 96.3 Å². The van der Waals surface area contributed by atoms with E-state index in [1.54, 1.807) is 0 Å². The molecule has 40 heavy (non-hydrogen) atoms. The van der Waals surface area contributed by atoms with Crippen molar-refractivity contribution in [3.8, 4) is 0 Å². The predicted octanol–water partition coefficient (Wildman–Crippen LogP) is 3.63. The van der Waals surface area contributed by atoms with Gasteiger partial charge in [-0.05, 0) is 38.5 Å². The summed E-state index contributed by atoms with van der Waals surface area (Å²) in [7, 11) is 1.37. The van der Waals surface area contributed by atoms with E-state index in [-0.39, 0.29) is 24.7 Å². The van der Waals surface area contributed by atoms with Crippen LogP contribution in [0.2, 0.25) is 0 Å². The molecular formula is C28H47N3O9. The molecule has 0 radical (unpaired) electrons. The van der Waals surface area contributed by atoms with Crippen molar-refractivity contribution in [2.24, 2.45) is 0 Å². The molecule has 5 atom stereocenters. The smallest absolute Gasteiger partial charge is 0.407 e. The number of carbonyl (C=O) groups is 3. The van der Waals surface area contributed by atoms with Gasteiger partial charge in [0.15, 0.2) is 18.5 Å². The first-order valence-corrected chi connectivity index (χ1v) is 15.2. The summed E-state index contributed by atoms with van der Waals surface area (Å²) in [6.07, 6.45) is 6.60. The molecule has 0 unspecified atom stereocenters. The highest BCUT2D eigenvalue weighted by Gasteiger charge is 2.51. The van der Waals surface area contributed by atoms with Crippen LogP contribution in [0.5, 0.6) is 0 Å². The maximum Gasteiger partial charge on any atom is 0.407 e. The average Bonchev–Trinajstić information content (AvgIpc) is 2.96. The van der Waals surface area contributed by atoms with Gasteiger partial charge >= 0.3 is 18.3 Å². The summed E-state index contributed by atoms with van der Waals surface area (Å²) >= 11 is 0. The van der Waals surface area contributed by atoms with Crippen molar-refractivity contribution >= 4 is 18.3 Å². The molecule has 0 spiro atoms. The Morgan fingerprint density at radius 1 is 0.675 bits per heavy atom. The fraction of sp³-hybridized carbons (Fsp3) is 0.893.